The molecule has 0 radical (unpaired) electrons. The summed E-state index contributed by atoms with van der Waals surface area (Å²) >= 11 is 0. The molecule has 20 heavy (non-hydrogen) atoms. The van der Waals surface area contributed by atoms with E-state index < -0.39 is 0 Å². The number of nitrogen functional groups attached to an aromatic ring is 1. The van der Waals surface area contributed by atoms with E-state index in [0.717, 1.165) is 29.9 Å². The van der Waals surface area contributed by atoms with Crippen molar-refractivity contribution in [1.29, 1.82) is 0 Å². The smallest absolute Gasteiger partial charge is 0.290 e. The van der Waals surface area contributed by atoms with Gasteiger partial charge >= 0.3 is 0 Å². The van der Waals surface area contributed by atoms with E-state index in [1.165, 1.54) is 0 Å². The number of hydrogen-bond acceptors (Lipinski definition) is 3. The Morgan fingerprint density at radius 3 is 2.50 bits per heavy atom. The second-order valence-corrected chi connectivity index (χ2v) is 5.32. The third kappa shape index (κ3) is 2.69. The second-order valence-electron chi connectivity index (χ2n) is 5.32. The van der Waals surface area contributed by atoms with Crippen LogP contribution in [0, 0.1) is 6.92 Å². The van der Waals surface area contributed by atoms with Gasteiger partial charge in [-0.15, -0.1) is 0 Å². The van der Waals surface area contributed by atoms with E-state index >= 15 is 0 Å². The molecule has 0 spiro atoms. The summed E-state index contributed by atoms with van der Waals surface area (Å²) in [5.41, 5.74) is 7.51. The van der Waals surface area contributed by atoms with Gasteiger partial charge < -0.3 is 15.1 Å². The molecule has 1 aliphatic carbocycles. The number of nitrogens with two attached hydrogens (primary N) is 1. The number of benzene rings is 1. The van der Waals surface area contributed by atoms with Crippen LogP contribution in [0.25, 0.3) is 0 Å². The zero-order valence-corrected chi connectivity index (χ0v) is 11.5. The fraction of sp³-hybridized carbons (Fsp3) is 0.312. The molecular formula is C16H18N2O2. The minimum Gasteiger partial charge on any atom is -0.456 e. The van der Waals surface area contributed by atoms with Gasteiger partial charge in [0.2, 0.25) is 0 Å². The normalized spacial score (nSPS) is 14.2. The van der Waals surface area contributed by atoms with Crippen LogP contribution in [0.4, 0.5) is 5.69 Å². The van der Waals surface area contributed by atoms with Crippen molar-refractivity contribution in [1.82, 2.24) is 4.90 Å². The first kappa shape index (κ1) is 12.8. The highest BCUT2D eigenvalue weighted by atomic mass is 16.3. The molecule has 1 fully saturated rings. The Kier molecular flexibility index (Phi) is 3.22. The van der Waals surface area contributed by atoms with Crippen LogP contribution in [0.1, 0.15) is 34.7 Å². The number of furan rings is 1. The fourth-order valence-corrected chi connectivity index (χ4v) is 2.26. The highest BCUT2D eigenvalue weighted by Crippen LogP contribution is 2.30. The maximum absolute atomic E-state index is 12.5. The van der Waals surface area contributed by atoms with Gasteiger partial charge in [0.15, 0.2) is 5.76 Å². The second kappa shape index (κ2) is 5.04. The van der Waals surface area contributed by atoms with Crippen molar-refractivity contribution in [3.63, 3.8) is 0 Å². The average Bonchev–Trinajstić information content (AvgIpc) is 3.19. The van der Waals surface area contributed by atoms with Gasteiger partial charge in [-0.25, -0.2) is 0 Å². The van der Waals surface area contributed by atoms with Gasteiger partial charge in [-0.2, -0.15) is 0 Å². The van der Waals surface area contributed by atoms with Crippen molar-refractivity contribution in [2.45, 2.75) is 32.4 Å². The maximum Gasteiger partial charge on any atom is 0.290 e. The van der Waals surface area contributed by atoms with Crippen molar-refractivity contribution in [2.24, 2.45) is 0 Å². The van der Waals surface area contributed by atoms with Gasteiger partial charge in [0.05, 0.1) is 0 Å². The summed E-state index contributed by atoms with van der Waals surface area (Å²) in [6.07, 6.45) is 2.14. The lowest BCUT2D eigenvalue weighted by molar-refractivity contribution is 0.0696. The van der Waals surface area contributed by atoms with Gasteiger partial charge in [-0.05, 0) is 49.6 Å². The molecule has 4 heteroatoms. The van der Waals surface area contributed by atoms with Gasteiger partial charge in [0.25, 0.3) is 5.91 Å². The molecule has 1 amide bonds. The largest absolute Gasteiger partial charge is 0.456 e. The number of carbonyl (C=O) groups is 1. The molecule has 104 valence electrons. The fourth-order valence-electron chi connectivity index (χ4n) is 2.26. The van der Waals surface area contributed by atoms with E-state index in [1.54, 1.807) is 6.07 Å². The van der Waals surface area contributed by atoms with Crippen LogP contribution in [0.15, 0.2) is 40.8 Å². The van der Waals surface area contributed by atoms with Crippen LogP contribution in [0.5, 0.6) is 0 Å². The quantitative estimate of drug-likeness (QED) is 0.869. The van der Waals surface area contributed by atoms with Crippen molar-refractivity contribution in [2.75, 3.05) is 5.73 Å². The van der Waals surface area contributed by atoms with Crippen molar-refractivity contribution in [3.8, 4) is 0 Å². The predicted octanol–water partition coefficient (Wildman–Crippen LogP) is 2.98. The summed E-state index contributed by atoms with van der Waals surface area (Å²) in [7, 11) is 0. The van der Waals surface area contributed by atoms with E-state index in [-0.39, 0.29) is 5.91 Å². The van der Waals surface area contributed by atoms with Crippen LogP contribution >= 0.6 is 0 Å². The van der Waals surface area contributed by atoms with Gasteiger partial charge in [0, 0.05) is 18.3 Å². The Balaban J connectivity index is 1.79. The van der Waals surface area contributed by atoms with Crippen molar-refractivity contribution < 1.29 is 9.21 Å². The number of anilines is 1. The number of aryl methyl sites for hydroxylation is 1. The molecule has 1 aromatic heterocycles. The molecule has 2 N–H and O–H groups in total. The Morgan fingerprint density at radius 1 is 1.25 bits per heavy atom. The Hall–Kier alpha value is -2.23. The molecule has 1 aromatic carbocycles. The molecule has 1 saturated carbocycles. The zero-order valence-electron chi connectivity index (χ0n) is 11.5. The van der Waals surface area contributed by atoms with E-state index in [2.05, 4.69) is 0 Å². The van der Waals surface area contributed by atoms with E-state index in [1.807, 2.05) is 42.2 Å². The van der Waals surface area contributed by atoms with E-state index in [0.29, 0.717) is 18.3 Å². The molecule has 1 aliphatic rings. The average molecular weight is 270 g/mol. The summed E-state index contributed by atoms with van der Waals surface area (Å²) in [6, 6.07) is 11.6. The molecule has 1 heterocycles. The maximum atomic E-state index is 12.5. The molecule has 2 aromatic rings. The zero-order chi connectivity index (χ0) is 14.1. The SMILES string of the molecule is Cc1ccc(C(=O)N(Cc2ccc(N)cc2)C2CC2)o1. The Morgan fingerprint density at radius 2 is 1.95 bits per heavy atom. The van der Waals surface area contributed by atoms with Crippen LogP contribution in [-0.2, 0) is 6.54 Å². The molecule has 4 nitrogen and oxygen atoms in total. The van der Waals surface area contributed by atoms with Crippen molar-refractivity contribution in [3.05, 3.63) is 53.5 Å². The standard InChI is InChI=1S/C16H18N2O2/c1-11-2-9-15(20-11)16(19)18(14-7-8-14)10-12-3-5-13(17)6-4-12/h2-6,9,14H,7-8,10,17H2,1H3. The summed E-state index contributed by atoms with van der Waals surface area (Å²) in [5, 5.41) is 0. The highest BCUT2D eigenvalue weighted by molar-refractivity contribution is 5.92. The molecule has 0 unspecified atom stereocenters. The van der Waals surface area contributed by atoms with Crippen LogP contribution < -0.4 is 5.73 Å². The molecule has 0 atom stereocenters. The summed E-state index contributed by atoms with van der Waals surface area (Å²) < 4.78 is 5.45. The summed E-state index contributed by atoms with van der Waals surface area (Å²) in [6.45, 7) is 2.45. The number of nitrogens with zero attached hydrogens (tertiary/aromatic N) is 1. The van der Waals surface area contributed by atoms with Gasteiger partial charge in [-0.1, -0.05) is 12.1 Å². The number of carbonyl (C=O) groups excluding carboxylic acids is 1. The molecular weight excluding hydrogens is 252 g/mol. The minimum absolute atomic E-state index is 0.0302. The third-order valence-corrected chi connectivity index (χ3v) is 3.53. The molecule has 0 saturated heterocycles. The number of hydrogen-bond donors (Lipinski definition) is 1. The summed E-state index contributed by atoms with van der Waals surface area (Å²) in [5.74, 6) is 1.15. The predicted molar refractivity (Wildman–Crippen MR) is 77.2 cm³/mol. The number of rotatable bonds is 4. The van der Waals surface area contributed by atoms with Crippen molar-refractivity contribution >= 4 is 11.6 Å². The Labute approximate surface area is 118 Å². The molecule has 0 bridgehead atoms. The first-order valence-electron chi connectivity index (χ1n) is 6.85. The summed E-state index contributed by atoms with van der Waals surface area (Å²) in [4.78, 5) is 14.4. The lowest BCUT2D eigenvalue weighted by atomic mass is 10.2. The van der Waals surface area contributed by atoms with Gasteiger partial charge in [-0.3, -0.25) is 4.79 Å². The molecule has 0 aliphatic heterocycles. The lowest BCUT2D eigenvalue weighted by Gasteiger charge is -2.21. The molecule has 3 rings (SSSR count). The third-order valence-electron chi connectivity index (χ3n) is 3.53. The first-order valence-corrected chi connectivity index (χ1v) is 6.85. The Bertz CT molecular complexity index is 612. The number of amides is 1. The lowest BCUT2D eigenvalue weighted by Crippen LogP contribution is -2.32. The van der Waals surface area contributed by atoms with Crippen LogP contribution in [0.3, 0.4) is 0 Å². The topological polar surface area (TPSA) is 59.5 Å². The monoisotopic (exact) mass is 270 g/mol. The van der Waals surface area contributed by atoms with Gasteiger partial charge in [0.1, 0.15) is 5.76 Å². The van der Waals surface area contributed by atoms with E-state index in [4.69, 9.17) is 10.2 Å². The van der Waals surface area contributed by atoms with Crippen LogP contribution in [0.2, 0.25) is 0 Å². The van der Waals surface area contributed by atoms with E-state index in [9.17, 15) is 4.79 Å². The highest BCUT2D eigenvalue weighted by Gasteiger charge is 2.34. The minimum atomic E-state index is -0.0302. The van der Waals surface area contributed by atoms with Crippen LogP contribution in [-0.4, -0.2) is 16.8 Å². The first-order chi connectivity index (χ1) is 9.63.